The molecule has 12 heteroatoms. The summed E-state index contributed by atoms with van der Waals surface area (Å²) in [6.45, 7) is 0. The third kappa shape index (κ3) is 1.40. The number of halogens is 12. The summed E-state index contributed by atoms with van der Waals surface area (Å²) in [5.74, 6) is 0. The zero-order chi connectivity index (χ0) is 17.3. The maximum absolute atomic E-state index is 6.69. The van der Waals surface area contributed by atoms with E-state index in [-0.39, 0.29) is 20.1 Å². The molecular formula is C10Cl12. The van der Waals surface area contributed by atoms with E-state index in [4.69, 9.17) is 139 Å². The minimum absolute atomic E-state index is 0.212. The van der Waals surface area contributed by atoms with E-state index >= 15 is 0 Å². The summed E-state index contributed by atoms with van der Waals surface area (Å²) in [7, 11) is 0. The number of hydrogen-bond donors (Lipinski definition) is 0. The third-order valence-electron chi connectivity index (χ3n) is 4.29. The lowest BCUT2D eigenvalue weighted by Gasteiger charge is -2.48. The molecule has 3 aliphatic rings. The van der Waals surface area contributed by atoms with E-state index in [1.807, 2.05) is 0 Å². The van der Waals surface area contributed by atoms with Gasteiger partial charge in [-0.25, -0.2) is 0 Å². The van der Waals surface area contributed by atoms with Gasteiger partial charge in [-0.1, -0.05) is 92.8 Å². The minimum Gasteiger partial charge on any atom is -0.111 e. The van der Waals surface area contributed by atoms with Crippen molar-refractivity contribution in [3.63, 3.8) is 0 Å². The molecule has 0 unspecified atom stereocenters. The summed E-state index contributed by atoms with van der Waals surface area (Å²) in [5.41, 5.74) is 0. The summed E-state index contributed by atoms with van der Waals surface area (Å²) < 4.78 is -4.17. The Morgan fingerprint density at radius 3 is 1.27 bits per heavy atom. The summed E-state index contributed by atoms with van der Waals surface area (Å²) in [6, 6.07) is 0. The van der Waals surface area contributed by atoms with E-state index in [1.165, 1.54) is 0 Å². The van der Waals surface area contributed by atoms with Gasteiger partial charge in [0.15, 0.2) is 8.67 Å². The number of fused-ring (bicyclic) bond motifs is 5. The Morgan fingerprint density at radius 2 is 0.818 bits per heavy atom. The van der Waals surface area contributed by atoms with Crippen LogP contribution in [-0.4, -0.2) is 28.2 Å². The van der Waals surface area contributed by atoms with Crippen LogP contribution in [0.4, 0.5) is 0 Å². The standard InChI is InChI=1S/C10Cl12/c11-1-2(12)7(17)9(20)5(15,6(1,16)10(7,21)22)3(13)4(14)8(9,18)19/t5-,6+,7-,9-/m1/s1. The van der Waals surface area contributed by atoms with Crippen LogP contribution in [0.3, 0.4) is 0 Å². The van der Waals surface area contributed by atoms with Crippen LogP contribution in [0.15, 0.2) is 20.1 Å². The molecule has 22 heavy (non-hydrogen) atoms. The van der Waals surface area contributed by atoms with E-state index in [2.05, 4.69) is 0 Å². The highest BCUT2D eigenvalue weighted by molar-refractivity contribution is 6.75. The number of allylic oxidation sites excluding steroid dienone is 4. The van der Waals surface area contributed by atoms with Gasteiger partial charge in [-0.15, -0.1) is 46.4 Å². The lowest BCUT2D eigenvalue weighted by molar-refractivity contribution is 0.460. The molecule has 1 saturated carbocycles. The fourth-order valence-electron chi connectivity index (χ4n) is 3.20. The molecular weight excluding hydrogens is 546 g/mol. The average Bonchev–Trinajstić information content (AvgIpc) is 2.65. The number of hydrogen-bond acceptors (Lipinski definition) is 0. The lowest BCUT2D eigenvalue weighted by atomic mass is 9.82. The van der Waals surface area contributed by atoms with E-state index in [1.54, 1.807) is 0 Å². The first-order valence-corrected chi connectivity index (χ1v) is 9.80. The molecule has 2 bridgehead atoms. The highest BCUT2D eigenvalue weighted by Crippen LogP contribution is 2.88. The molecule has 0 aliphatic heterocycles. The van der Waals surface area contributed by atoms with Crippen molar-refractivity contribution in [2.24, 2.45) is 0 Å². The minimum atomic E-state index is -2.09. The van der Waals surface area contributed by atoms with E-state index in [0.717, 1.165) is 0 Å². The van der Waals surface area contributed by atoms with Crippen molar-refractivity contribution in [3.05, 3.63) is 20.1 Å². The van der Waals surface area contributed by atoms with Crippen LogP contribution in [0.2, 0.25) is 0 Å². The Bertz CT molecular complexity index is 677. The Kier molecular flexibility index (Phi) is 4.36. The highest BCUT2D eigenvalue weighted by atomic mass is 35.5. The van der Waals surface area contributed by atoms with Crippen molar-refractivity contribution in [2.45, 2.75) is 28.2 Å². The molecule has 4 atom stereocenters. The second kappa shape index (κ2) is 4.86. The van der Waals surface area contributed by atoms with Crippen molar-refractivity contribution < 1.29 is 0 Å². The Balaban J connectivity index is 2.57. The summed E-state index contributed by atoms with van der Waals surface area (Å²) in [6.07, 6.45) is 0. The van der Waals surface area contributed by atoms with Crippen molar-refractivity contribution in [1.82, 2.24) is 0 Å². The molecule has 0 spiro atoms. The van der Waals surface area contributed by atoms with E-state index in [0.29, 0.717) is 0 Å². The van der Waals surface area contributed by atoms with Crippen LogP contribution in [-0.2, 0) is 0 Å². The highest BCUT2D eigenvalue weighted by Gasteiger charge is 2.99. The first kappa shape index (κ1) is 19.7. The second-order valence-corrected chi connectivity index (χ2v) is 11.5. The van der Waals surface area contributed by atoms with Gasteiger partial charge in [-0.05, 0) is 0 Å². The summed E-state index contributed by atoms with van der Waals surface area (Å²) in [5, 5.41) is -0.974. The first-order valence-electron chi connectivity index (χ1n) is 5.27. The molecule has 0 aromatic rings. The molecule has 3 rings (SSSR count). The van der Waals surface area contributed by atoms with Crippen LogP contribution < -0.4 is 0 Å². The SMILES string of the molecule is ClC1=C(Cl)[C@]2(Cl)[C@](Cl)(C1(Cl)Cl)[C@]1(Cl)C(Cl)=C(Cl)[C@@]2(Cl)C1(Cl)Cl. The third-order valence-corrected chi connectivity index (χ3v) is 12.9. The molecule has 0 saturated heterocycles. The summed E-state index contributed by atoms with van der Waals surface area (Å²) >= 11 is 76.8. The van der Waals surface area contributed by atoms with Crippen LogP contribution in [0.25, 0.3) is 0 Å². The largest absolute Gasteiger partial charge is 0.178 e. The lowest BCUT2D eigenvalue weighted by Crippen LogP contribution is -2.64. The molecule has 124 valence electrons. The molecule has 0 amide bonds. The summed E-state index contributed by atoms with van der Waals surface area (Å²) in [4.78, 5) is -8.18. The van der Waals surface area contributed by atoms with Crippen LogP contribution in [0.5, 0.6) is 0 Å². The molecule has 0 heterocycles. The number of rotatable bonds is 0. The van der Waals surface area contributed by atoms with Crippen LogP contribution >= 0.6 is 139 Å². The average molecular weight is 546 g/mol. The molecule has 0 N–H and O–H groups in total. The zero-order valence-corrected chi connectivity index (χ0v) is 18.6. The molecule has 3 aliphatic carbocycles. The zero-order valence-electron chi connectivity index (χ0n) is 9.54. The Morgan fingerprint density at radius 1 is 0.455 bits per heavy atom. The molecule has 0 aromatic heterocycles. The molecule has 0 aromatic carbocycles. The maximum Gasteiger partial charge on any atom is 0.178 e. The van der Waals surface area contributed by atoms with Gasteiger partial charge in [0.1, 0.15) is 19.5 Å². The maximum atomic E-state index is 6.69. The van der Waals surface area contributed by atoms with Gasteiger partial charge in [0.25, 0.3) is 0 Å². The molecule has 1 fully saturated rings. The normalized spacial score (nSPS) is 51.8. The Hall–Kier alpha value is 2.96. The van der Waals surface area contributed by atoms with Crippen molar-refractivity contribution in [1.29, 1.82) is 0 Å². The monoisotopic (exact) mass is 540 g/mol. The fraction of sp³-hybridized carbons (Fsp3) is 0.600. The van der Waals surface area contributed by atoms with Gasteiger partial charge in [0.05, 0.1) is 20.1 Å². The van der Waals surface area contributed by atoms with Crippen molar-refractivity contribution in [3.8, 4) is 0 Å². The van der Waals surface area contributed by atoms with Gasteiger partial charge in [-0.3, -0.25) is 0 Å². The van der Waals surface area contributed by atoms with Gasteiger partial charge in [0, 0.05) is 0 Å². The van der Waals surface area contributed by atoms with Crippen molar-refractivity contribution >= 4 is 139 Å². The predicted molar refractivity (Wildman–Crippen MR) is 101 cm³/mol. The molecule has 0 radical (unpaired) electrons. The van der Waals surface area contributed by atoms with Gasteiger partial charge < -0.3 is 0 Å². The van der Waals surface area contributed by atoms with Crippen molar-refractivity contribution in [2.75, 3.05) is 0 Å². The Labute approximate surface area is 185 Å². The second-order valence-electron chi connectivity index (χ2n) is 5.04. The van der Waals surface area contributed by atoms with Crippen LogP contribution in [0, 0.1) is 0 Å². The topological polar surface area (TPSA) is 0 Å². The van der Waals surface area contributed by atoms with Crippen LogP contribution in [0.1, 0.15) is 0 Å². The van der Waals surface area contributed by atoms with Gasteiger partial charge in [0.2, 0.25) is 0 Å². The smallest absolute Gasteiger partial charge is 0.111 e. The predicted octanol–water partition coefficient (Wildman–Crippen LogP) is 7.66. The number of alkyl halides is 8. The quantitative estimate of drug-likeness (QED) is 0.274. The fourth-order valence-corrected chi connectivity index (χ4v) is 9.84. The molecule has 0 nitrogen and oxygen atoms in total. The first-order chi connectivity index (χ1) is 9.63. The van der Waals surface area contributed by atoms with E-state index < -0.39 is 28.2 Å². The van der Waals surface area contributed by atoms with Gasteiger partial charge in [-0.2, -0.15) is 0 Å². The van der Waals surface area contributed by atoms with E-state index in [9.17, 15) is 0 Å². The van der Waals surface area contributed by atoms with Gasteiger partial charge >= 0.3 is 0 Å².